The molecular formula is C15H17NO5. The fourth-order valence-electron chi connectivity index (χ4n) is 1.54. The first kappa shape index (κ1) is 16.6. The molecule has 0 heterocycles. The smallest absolute Gasteiger partial charge is 0.318 e. The number of hydrogen-bond donors (Lipinski definition) is 0. The van der Waals surface area contributed by atoms with E-state index in [0.29, 0.717) is 11.3 Å². The SMILES string of the molecule is CC(=O)CC(=O)O/C(=C/c1ccc([N+](=O)[O-])cc1)C(C)C. The third kappa shape index (κ3) is 5.56. The normalized spacial score (nSPS) is 11.3. The van der Waals surface area contributed by atoms with E-state index in [-0.39, 0.29) is 23.8 Å². The van der Waals surface area contributed by atoms with Crippen LogP contribution in [0.15, 0.2) is 30.0 Å². The number of ether oxygens (including phenoxy) is 1. The van der Waals surface area contributed by atoms with Gasteiger partial charge in [-0.2, -0.15) is 0 Å². The summed E-state index contributed by atoms with van der Waals surface area (Å²) in [4.78, 5) is 32.5. The van der Waals surface area contributed by atoms with Gasteiger partial charge < -0.3 is 4.74 Å². The number of rotatable bonds is 6. The van der Waals surface area contributed by atoms with E-state index in [4.69, 9.17) is 4.74 Å². The maximum absolute atomic E-state index is 11.5. The predicted molar refractivity (Wildman–Crippen MR) is 77.3 cm³/mol. The highest BCUT2D eigenvalue weighted by atomic mass is 16.6. The van der Waals surface area contributed by atoms with Crippen molar-refractivity contribution in [1.29, 1.82) is 0 Å². The van der Waals surface area contributed by atoms with Gasteiger partial charge in [-0.05, 0) is 30.7 Å². The molecule has 112 valence electrons. The molecule has 21 heavy (non-hydrogen) atoms. The lowest BCUT2D eigenvalue weighted by molar-refractivity contribution is -0.384. The Balaban J connectivity index is 2.91. The van der Waals surface area contributed by atoms with Crippen molar-refractivity contribution in [1.82, 2.24) is 0 Å². The number of ketones is 1. The Labute approximate surface area is 122 Å². The number of nitro benzene ring substituents is 1. The highest BCUT2D eigenvalue weighted by Gasteiger charge is 2.13. The summed E-state index contributed by atoms with van der Waals surface area (Å²) in [6.07, 6.45) is 1.36. The molecule has 0 radical (unpaired) electrons. The lowest BCUT2D eigenvalue weighted by atomic mass is 10.1. The third-order valence-electron chi connectivity index (χ3n) is 2.61. The molecule has 6 nitrogen and oxygen atoms in total. The second kappa shape index (κ2) is 7.33. The van der Waals surface area contributed by atoms with Crippen LogP contribution in [0.25, 0.3) is 6.08 Å². The molecule has 0 saturated heterocycles. The molecule has 0 aromatic heterocycles. The second-order valence-corrected chi connectivity index (χ2v) is 4.90. The molecule has 0 unspecified atom stereocenters. The topological polar surface area (TPSA) is 86.5 Å². The summed E-state index contributed by atoms with van der Waals surface area (Å²) in [5, 5.41) is 10.6. The van der Waals surface area contributed by atoms with Gasteiger partial charge in [-0.3, -0.25) is 19.7 Å². The van der Waals surface area contributed by atoms with Gasteiger partial charge in [-0.1, -0.05) is 13.8 Å². The van der Waals surface area contributed by atoms with E-state index in [2.05, 4.69) is 0 Å². The van der Waals surface area contributed by atoms with Crippen molar-refractivity contribution in [3.63, 3.8) is 0 Å². The first-order valence-electron chi connectivity index (χ1n) is 6.45. The Morgan fingerprint density at radius 1 is 1.29 bits per heavy atom. The van der Waals surface area contributed by atoms with Gasteiger partial charge in [-0.25, -0.2) is 0 Å². The lowest BCUT2D eigenvalue weighted by Gasteiger charge is -2.11. The maximum Gasteiger partial charge on any atom is 0.318 e. The van der Waals surface area contributed by atoms with Crippen LogP contribution in [0.1, 0.15) is 32.8 Å². The zero-order valence-electron chi connectivity index (χ0n) is 12.2. The minimum Gasteiger partial charge on any atom is -0.430 e. The number of allylic oxidation sites excluding steroid dienone is 1. The van der Waals surface area contributed by atoms with E-state index in [1.54, 1.807) is 18.2 Å². The van der Waals surface area contributed by atoms with Crippen LogP contribution in [0.2, 0.25) is 0 Å². The fraction of sp³-hybridized carbons (Fsp3) is 0.333. The number of non-ortho nitro benzene ring substituents is 1. The van der Waals surface area contributed by atoms with Crippen LogP contribution < -0.4 is 0 Å². The van der Waals surface area contributed by atoms with Gasteiger partial charge >= 0.3 is 5.97 Å². The molecular weight excluding hydrogens is 274 g/mol. The summed E-state index contributed by atoms with van der Waals surface area (Å²) in [7, 11) is 0. The van der Waals surface area contributed by atoms with Gasteiger partial charge in [-0.15, -0.1) is 0 Å². The van der Waals surface area contributed by atoms with Gasteiger partial charge in [0.15, 0.2) is 0 Å². The number of hydrogen-bond acceptors (Lipinski definition) is 5. The van der Waals surface area contributed by atoms with Gasteiger partial charge in [0.2, 0.25) is 0 Å². The second-order valence-electron chi connectivity index (χ2n) is 4.90. The average molecular weight is 291 g/mol. The molecule has 0 amide bonds. The minimum absolute atomic E-state index is 0.00757. The van der Waals surface area contributed by atoms with Gasteiger partial charge in [0.1, 0.15) is 18.0 Å². The van der Waals surface area contributed by atoms with E-state index in [0.717, 1.165) is 0 Å². The van der Waals surface area contributed by atoms with E-state index in [1.807, 2.05) is 13.8 Å². The van der Waals surface area contributed by atoms with Crippen molar-refractivity contribution < 1.29 is 19.2 Å². The number of Topliss-reactive ketones (excluding diaryl/α,β-unsaturated/α-hetero) is 1. The van der Waals surface area contributed by atoms with Crippen LogP contribution in [0.5, 0.6) is 0 Å². The monoisotopic (exact) mass is 291 g/mol. The van der Waals surface area contributed by atoms with Crippen molar-refractivity contribution in [2.45, 2.75) is 27.2 Å². The van der Waals surface area contributed by atoms with Crippen molar-refractivity contribution in [3.05, 3.63) is 45.7 Å². The van der Waals surface area contributed by atoms with Crippen molar-refractivity contribution in [2.24, 2.45) is 5.92 Å². The van der Waals surface area contributed by atoms with Crippen molar-refractivity contribution in [2.75, 3.05) is 0 Å². The van der Waals surface area contributed by atoms with Crippen LogP contribution in [0.4, 0.5) is 5.69 Å². The fourth-order valence-corrected chi connectivity index (χ4v) is 1.54. The summed E-state index contributed by atoms with van der Waals surface area (Å²) in [6, 6.07) is 5.89. The molecule has 1 aromatic carbocycles. The molecule has 0 spiro atoms. The molecule has 1 aromatic rings. The first-order chi connectivity index (χ1) is 9.79. The standard InChI is InChI=1S/C15H17NO5/c1-10(2)14(21-15(18)8-11(3)17)9-12-4-6-13(7-5-12)16(19)20/h4-7,9-10H,8H2,1-3H3/b14-9+. The molecule has 6 heteroatoms. The lowest BCUT2D eigenvalue weighted by Crippen LogP contribution is -2.11. The zero-order chi connectivity index (χ0) is 16.0. The molecule has 0 N–H and O–H groups in total. The number of nitrogens with zero attached hydrogens (tertiary/aromatic N) is 1. The summed E-state index contributed by atoms with van der Waals surface area (Å²) >= 11 is 0. The Hall–Kier alpha value is -2.50. The van der Waals surface area contributed by atoms with Gasteiger partial charge in [0, 0.05) is 18.1 Å². The number of carbonyl (C=O) groups is 2. The number of benzene rings is 1. The van der Waals surface area contributed by atoms with Crippen LogP contribution in [-0.4, -0.2) is 16.7 Å². The van der Waals surface area contributed by atoms with Crippen molar-refractivity contribution in [3.8, 4) is 0 Å². The zero-order valence-corrected chi connectivity index (χ0v) is 12.2. The van der Waals surface area contributed by atoms with E-state index < -0.39 is 10.9 Å². The Kier molecular flexibility index (Phi) is 5.78. The Bertz CT molecular complexity index is 572. The van der Waals surface area contributed by atoms with Crippen LogP contribution in [0, 0.1) is 16.0 Å². The molecule has 0 bridgehead atoms. The molecule has 0 aliphatic carbocycles. The van der Waals surface area contributed by atoms with Gasteiger partial charge in [0.25, 0.3) is 5.69 Å². The van der Waals surface area contributed by atoms with Crippen LogP contribution in [0.3, 0.4) is 0 Å². The molecule has 0 atom stereocenters. The van der Waals surface area contributed by atoms with Gasteiger partial charge in [0.05, 0.1) is 4.92 Å². The first-order valence-corrected chi connectivity index (χ1v) is 6.45. The van der Waals surface area contributed by atoms with E-state index >= 15 is 0 Å². The summed E-state index contributed by atoms with van der Waals surface area (Å²) in [5.74, 6) is -0.519. The van der Waals surface area contributed by atoms with Crippen LogP contribution >= 0.6 is 0 Å². The number of esters is 1. The Morgan fingerprint density at radius 3 is 2.29 bits per heavy atom. The van der Waals surface area contributed by atoms with E-state index in [9.17, 15) is 19.7 Å². The Morgan fingerprint density at radius 2 is 1.86 bits per heavy atom. The molecule has 0 aliphatic heterocycles. The average Bonchev–Trinajstić information content (AvgIpc) is 2.37. The summed E-state index contributed by atoms with van der Waals surface area (Å²) < 4.78 is 5.17. The highest BCUT2D eigenvalue weighted by molar-refractivity contribution is 5.94. The van der Waals surface area contributed by atoms with E-state index in [1.165, 1.54) is 19.1 Å². The predicted octanol–water partition coefficient (Wildman–Crippen LogP) is 3.11. The van der Waals surface area contributed by atoms with Crippen LogP contribution in [-0.2, 0) is 14.3 Å². The third-order valence-corrected chi connectivity index (χ3v) is 2.61. The molecule has 0 saturated carbocycles. The maximum atomic E-state index is 11.5. The number of nitro groups is 1. The largest absolute Gasteiger partial charge is 0.430 e. The summed E-state index contributed by atoms with van der Waals surface area (Å²) in [6.45, 7) is 5.01. The quantitative estimate of drug-likeness (QED) is 0.264. The highest BCUT2D eigenvalue weighted by Crippen LogP contribution is 2.19. The molecule has 1 rings (SSSR count). The summed E-state index contributed by atoms with van der Waals surface area (Å²) in [5.41, 5.74) is 0.673. The molecule has 0 fully saturated rings. The minimum atomic E-state index is -0.607. The molecule has 0 aliphatic rings. The number of carbonyl (C=O) groups excluding carboxylic acids is 2. The van der Waals surface area contributed by atoms with Crippen molar-refractivity contribution >= 4 is 23.5 Å².